The van der Waals surface area contributed by atoms with Gasteiger partial charge in [-0.3, -0.25) is 0 Å². The van der Waals surface area contributed by atoms with Gasteiger partial charge in [0.2, 0.25) is 26.6 Å². The standard InChI is InChI=1S/C20H18ClFN2O3S/c21-15-6-4-14(5-7-15)18-23-19(20(27-18)24-12-2-1-3-13-24)28(25,26)17-10-8-16(22)9-11-17/h4-11H,1-3,12-13H2. The zero-order valence-corrected chi connectivity index (χ0v) is 16.5. The van der Waals surface area contributed by atoms with Crippen LogP contribution in [0.15, 0.2) is 62.9 Å². The van der Waals surface area contributed by atoms with E-state index >= 15 is 0 Å². The van der Waals surface area contributed by atoms with Crippen LogP contribution in [-0.2, 0) is 9.84 Å². The Hall–Kier alpha value is -2.38. The highest BCUT2D eigenvalue weighted by atomic mass is 35.5. The van der Waals surface area contributed by atoms with Crippen LogP contribution in [0.2, 0.25) is 5.02 Å². The van der Waals surface area contributed by atoms with Crippen LogP contribution < -0.4 is 4.90 Å². The second-order valence-electron chi connectivity index (χ2n) is 6.64. The van der Waals surface area contributed by atoms with Crippen molar-refractivity contribution in [1.29, 1.82) is 0 Å². The smallest absolute Gasteiger partial charge is 0.236 e. The van der Waals surface area contributed by atoms with Crippen molar-refractivity contribution in [2.24, 2.45) is 0 Å². The third-order valence-corrected chi connectivity index (χ3v) is 6.61. The molecule has 0 amide bonds. The molecule has 28 heavy (non-hydrogen) atoms. The molecule has 1 fully saturated rings. The van der Waals surface area contributed by atoms with Gasteiger partial charge >= 0.3 is 0 Å². The lowest BCUT2D eigenvalue weighted by Crippen LogP contribution is -2.30. The number of benzene rings is 2. The van der Waals surface area contributed by atoms with Crippen molar-refractivity contribution >= 4 is 27.3 Å². The first kappa shape index (κ1) is 19.0. The first-order valence-corrected chi connectivity index (χ1v) is 10.8. The highest BCUT2D eigenvalue weighted by molar-refractivity contribution is 7.91. The predicted octanol–water partition coefficient (Wildman–Crippen LogP) is 4.96. The average Bonchev–Trinajstić information content (AvgIpc) is 3.16. The third-order valence-electron chi connectivity index (χ3n) is 4.69. The molecule has 0 bridgehead atoms. The molecule has 1 aliphatic rings. The first-order chi connectivity index (χ1) is 13.4. The fraction of sp³-hybridized carbons (Fsp3) is 0.250. The van der Waals surface area contributed by atoms with Crippen LogP contribution in [0.4, 0.5) is 10.3 Å². The monoisotopic (exact) mass is 420 g/mol. The molecule has 8 heteroatoms. The number of nitrogens with zero attached hydrogens (tertiary/aromatic N) is 2. The Morgan fingerprint density at radius 3 is 2.25 bits per heavy atom. The Balaban J connectivity index is 1.84. The number of rotatable bonds is 4. The van der Waals surface area contributed by atoms with Gasteiger partial charge in [-0.25, -0.2) is 12.8 Å². The van der Waals surface area contributed by atoms with Gasteiger partial charge in [0, 0.05) is 23.7 Å². The molecule has 0 aliphatic carbocycles. The normalized spacial score (nSPS) is 15.0. The third kappa shape index (κ3) is 3.64. The zero-order chi connectivity index (χ0) is 19.7. The molecule has 0 atom stereocenters. The highest BCUT2D eigenvalue weighted by Crippen LogP contribution is 2.36. The molecule has 1 aliphatic heterocycles. The molecule has 0 saturated carbocycles. The molecule has 0 unspecified atom stereocenters. The summed E-state index contributed by atoms with van der Waals surface area (Å²) in [7, 11) is -3.97. The molecule has 1 saturated heterocycles. The average molecular weight is 421 g/mol. The Kier molecular flexibility index (Phi) is 5.12. The molecule has 1 aromatic heterocycles. The minimum absolute atomic E-state index is 0.0249. The van der Waals surface area contributed by atoms with Gasteiger partial charge in [0.05, 0.1) is 4.90 Å². The molecule has 2 aromatic carbocycles. The van der Waals surface area contributed by atoms with E-state index in [1.807, 2.05) is 4.90 Å². The number of halogens is 2. The molecule has 0 radical (unpaired) electrons. The van der Waals surface area contributed by atoms with Crippen molar-refractivity contribution in [2.45, 2.75) is 29.2 Å². The van der Waals surface area contributed by atoms with Crippen LogP contribution >= 0.6 is 11.6 Å². The quantitative estimate of drug-likeness (QED) is 0.558. The van der Waals surface area contributed by atoms with Gasteiger partial charge in [0.15, 0.2) is 0 Å². The zero-order valence-electron chi connectivity index (χ0n) is 14.9. The topological polar surface area (TPSA) is 63.4 Å². The number of hydrogen-bond donors (Lipinski definition) is 0. The molecular weight excluding hydrogens is 403 g/mol. The second-order valence-corrected chi connectivity index (χ2v) is 8.94. The summed E-state index contributed by atoms with van der Waals surface area (Å²) in [6.45, 7) is 1.39. The maximum atomic E-state index is 13.3. The molecule has 0 N–H and O–H groups in total. The Labute approximate surface area is 167 Å². The summed E-state index contributed by atoms with van der Waals surface area (Å²) in [5.41, 5.74) is 0.628. The van der Waals surface area contributed by atoms with Crippen molar-refractivity contribution in [2.75, 3.05) is 18.0 Å². The molecule has 146 valence electrons. The summed E-state index contributed by atoms with van der Waals surface area (Å²) in [6, 6.07) is 11.5. The summed E-state index contributed by atoms with van der Waals surface area (Å²) < 4.78 is 45.6. The molecular formula is C20H18ClFN2O3S. The van der Waals surface area contributed by atoms with E-state index in [2.05, 4.69) is 4.98 Å². The van der Waals surface area contributed by atoms with Crippen molar-refractivity contribution in [3.63, 3.8) is 0 Å². The van der Waals surface area contributed by atoms with E-state index in [9.17, 15) is 12.8 Å². The second kappa shape index (κ2) is 7.56. The van der Waals surface area contributed by atoms with Crippen molar-refractivity contribution in [1.82, 2.24) is 4.98 Å². The van der Waals surface area contributed by atoms with Gasteiger partial charge in [-0.1, -0.05) is 11.6 Å². The van der Waals surface area contributed by atoms with E-state index in [0.29, 0.717) is 23.7 Å². The molecule has 2 heterocycles. The number of sulfone groups is 1. The van der Waals surface area contributed by atoms with Crippen molar-refractivity contribution in [3.05, 3.63) is 59.4 Å². The maximum absolute atomic E-state index is 13.3. The highest BCUT2D eigenvalue weighted by Gasteiger charge is 2.32. The fourth-order valence-electron chi connectivity index (χ4n) is 3.21. The van der Waals surface area contributed by atoms with E-state index in [4.69, 9.17) is 16.0 Å². The lowest BCUT2D eigenvalue weighted by atomic mass is 10.1. The Morgan fingerprint density at radius 1 is 0.964 bits per heavy atom. The molecule has 4 rings (SSSR count). The number of anilines is 1. The van der Waals surface area contributed by atoms with Crippen LogP contribution in [0.3, 0.4) is 0 Å². The summed E-state index contributed by atoms with van der Waals surface area (Å²) in [6.07, 6.45) is 2.99. The fourth-order valence-corrected chi connectivity index (χ4v) is 4.66. The summed E-state index contributed by atoms with van der Waals surface area (Å²) in [5, 5.41) is 0.414. The first-order valence-electron chi connectivity index (χ1n) is 8.97. The van der Waals surface area contributed by atoms with Gasteiger partial charge in [0.1, 0.15) is 5.82 Å². The van der Waals surface area contributed by atoms with E-state index in [0.717, 1.165) is 31.4 Å². The van der Waals surface area contributed by atoms with Gasteiger partial charge in [-0.15, -0.1) is 0 Å². The van der Waals surface area contributed by atoms with Gasteiger partial charge in [0.25, 0.3) is 0 Å². The van der Waals surface area contributed by atoms with E-state index in [-0.39, 0.29) is 21.7 Å². The lowest BCUT2D eigenvalue weighted by Gasteiger charge is -2.26. The van der Waals surface area contributed by atoms with Crippen LogP contribution in [0, 0.1) is 5.82 Å². The SMILES string of the molecule is O=S(=O)(c1ccc(F)cc1)c1nc(-c2ccc(Cl)cc2)oc1N1CCCCC1. The van der Waals surface area contributed by atoms with E-state index in [1.165, 1.54) is 12.1 Å². The summed E-state index contributed by atoms with van der Waals surface area (Å²) in [5.74, 6) is -0.0656. The van der Waals surface area contributed by atoms with Gasteiger partial charge < -0.3 is 9.32 Å². The van der Waals surface area contributed by atoms with Crippen LogP contribution in [0.5, 0.6) is 0 Å². The largest absolute Gasteiger partial charge is 0.419 e. The van der Waals surface area contributed by atoms with Crippen LogP contribution in [-0.4, -0.2) is 26.5 Å². The van der Waals surface area contributed by atoms with Crippen LogP contribution in [0.1, 0.15) is 19.3 Å². The predicted molar refractivity (Wildman–Crippen MR) is 105 cm³/mol. The number of hydrogen-bond acceptors (Lipinski definition) is 5. The van der Waals surface area contributed by atoms with E-state index < -0.39 is 15.7 Å². The Bertz CT molecular complexity index is 1070. The molecule has 3 aromatic rings. The van der Waals surface area contributed by atoms with Crippen molar-refractivity contribution in [3.8, 4) is 11.5 Å². The summed E-state index contributed by atoms with van der Waals surface area (Å²) >= 11 is 5.94. The van der Waals surface area contributed by atoms with Crippen LogP contribution in [0.25, 0.3) is 11.5 Å². The maximum Gasteiger partial charge on any atom is 0.236 e. The minimum atomic E-state index is -3.97. The minimum Gasteiger partial charge on any atom is -0.419 e. The number of piperidine rings is 1. The molecule has 5 nitrogen and oxygen atoms in total. The number of aromatic nitrogens is 1. The summed E-state index contributed by atoms with van der Waals surface area (Å²) in [4.78, 5) is 6.21. The number of oxazole rings is 1. The van der Waals surface area contributed by atoms with Gasteiger partial charge in [-0.05, 0) is 67.8 Å². The van der Waals surface area contributed by atoms with E-state index in [1.54, 1.807) is 24.3 Å². The Morgan fingerprint density at radius 2 is 1.61 bits per heavy atom. The van der Waals surface area contributed by atoms with Gasteiger partial charge in [-0.2, -0.15) is 4.98 Å². The lowest BCUT2D eigenvalue weighted by molar-refractivity contribution is 0.499. The molecule has 0 spiro atoms. The van der Waals surface area contributed by atoms with Crippen molar-refractivity contribution < 1.29 is 17.2 Å².